The van der Waals surface area contributed by atoms with Crippen LogP contribution in [0.1, 0.15) is 38.2 Å². The van der Waals surface area contributed by atoms with Gasteiger partial charge in [-0.15, -0.1) is 0 Å². The minimum atomic E-state index is -0.695. The molecule has 2 atom stereocenters. The van der Waals surface area contributed by atoms with E-state index < -0.39 is 6.29 Å². The van der Waals surface area contributed by atoms with Gasteiger partial charge < -0.3 is 24.8 Å². The first kappa shape index (κ1) is 33.8. The summed E-state index contributed by atoms with van der Waals surface area (Å²) in [5.74, 6) is 2.14. The number of piperazine rings is 1. The van der Waals surface area contributed by atoms with Gasteiger partial charge in [-0.25, -0.2) is 15.0 Å². The summed E-state index contributed by atoms with van der Waals surface area (Å²) >= 11 is 12.7. The summed E-state index contributed by atoms with van der Waals surface area (Å²) in [4.78, 5) is 21.3. The van der Waals surface area contributed by atoms with Crippen LogP contribution >= 0.6 is 23.2 Å². The van der Waals surface area contributed by atoms with Crippen molar-refractivity contribution in [2.75, 3.05) is 64.9 Å². The lowest BCUT2D eigenvalue weighted by molar-refractivity contribution is -0.0910. The fraction of sp³-hybridized carbons (Fsp3) is 0.545. The highest BCUT2D eigenvalue weighted by molar-refractivity contribution is 6.35. The molecular formula is C33H45Cl2N7O3. The van der Waals surface area contributed by atoms with Gasteiger partial charge in [-0.05, 0) is 88.6 Å². The van der Waals surface area contributed by atoms with Gasteiger partial charge in [0.15, 0.2) is 12.0 Å². The van der Waals surface area contributed by atoms with Gasteiger partial charge in [-0.1, -0.05) is 23.2 Å². The van der Waals surface area contributed by atoms with E-state index in [1.807, 2.05) is 25.2 Å². The minimum Gasteiger partial charge on any atom is -0.436 e. The van der Waals surface area contributed by atoms with E-state index >= 15 is 0 Å². The van der Waals surface area contributed by atoms with Crippen LogP contribution in [0.5, 0.6) is 11.6 Å². The summed E-state index contributed by atoms with van der Waals surface area (Å²) in [7, 11) is 3.55. The number of methoxy groups -OCH3 is 1. The first-order valence-electron chi connectivity index (χ1n) is 15.8. The molecule has 2 aliphatic rings. The highest BCUT2D eigenvalue weighted by Crippen LogP contribution is 2.31. The van der Waals surface area contributed by atoms with Crippen molar-refractivity contribution in [2.24, 2.45) is 5.92 Å². The largest absolute Gasteiger partial charge is 0.436 e. The number of nitrogens with zero attached hydrogens (tertiary/aromatic N) is 6. The Hall–Kier alpha value is -2.57. The number of aliphatic hydroxyl groups excluding tert-OH is 1. The Bertz CT molecular complexity index is 1350. The summed E-state index contributed by atoms with van der Waals surface area (Å²) in [6, 6.07) is 10.0. The molecule has 0 spiro atoms. The lowest BCUT2D eigenvalue weighted by atomic mass is 9.93. The normalized spacial score (nSPS) is 18.2. The molecule has 0 saturated carbocycles. The van der Waals surface area contributed by atoms with Crippen molar-refractivity contribution >= 4 is 29.2 Å². The zero-order valence-electron chi connectivity index (χ0n) is 26.5. The topological polar surface area (TPSA) is 99.1 Å². The number of benzene rings is 1. The zero-order chi connectivity index (χ0) is 31.8. The molecule has 2 aliphatic heterocycles. The van der Waals surface area contributed by atoms with Crippen LogP contribution in [-0.4, -0.2) is 102 Å². The van der Waals surface area contributed by atoms with E-state index in [0.29, 0.717) is 46.0 Å². The van der Waals surface area contributed by atoms with Gasteiger partial charge in [0.1, 0.15) is 0 Å². The molecule has 4 heterocycles. The van der Waals surface area contributed by atoms with Crippen LogP contribution in [0.25, 0.3) is 11.3 Å². The Morgan fingerprint density at radius 3 is 2.31 bits per heavy atom. The van der Waals surface area contributed by atoms with Gasteiger partial charge in [0.25, 0.3) is 0 Å². The van der Waals surface area contributed by atoms with E-state index in [0.717, 1.165) is 88.4 Å². The predicted octanol–water partition coefficient (Wildman–Crippen LogP) is 5.32. The maximum atomic E-state index is 9.88. The van der Waals surface area contributed by atoms with Crippen LogP contribution in [0, 0.1) is 5.92 Å². The molecule has 2 unspecified atom stereocenters. The van der Waals surface area contributed by atoms with E-state index in [-0.39, 0.29) is 0 Å². The first-order chi connectivity index (χ1) is 21.8. The Balaban J connectivity index is 1.27. The number of hydrogen-bond acceptors (Lipinski definition) is 10. The third-order valence-electron chi connectivity index (χ3n) is 8.81. The SMILES string of the molecule is CNCCC(C)N1CCN(c2ncc(Oc3cc(CN4CCC(CC(O)OC)CC4)cc(-c4cc(Cl)cc(Cl)c4)n3)cn2)CC1. The molecule has 0 bridgehead atoms. The molecule has 1 aromatic carbocycles. The quantitative estimate of drug-likeness (QED) is 0.235. The smallest absolute Gasteiger partial charge is 0.225 e. The maximum Gasteiger partial charge on any atom is 0.225 e. The molecule has 2 fully saturated rings. The molecule has 10 nitrogen and oxygen atoms in total. The minimum absolute atomic E-state index is 0.454. The predicted molar refractivity (Wildman–Crippen MR) is 179 cm³/mol. The van der Waals surface area contributed by atoms with E-state index in [4.69, 9.17) is 37.7 Å². The lowest BCUT2D eigenvalue weighted by Crippen LogP contribution is -2.50. The molecule has 244 valence electrons. The first-order valence-corrected chi connectivity index (χ1v) is 16.6. The monoisotopic (exact) mass is 657 g/mol. The summed E-state index contributed by atoms with van der Waals surface area (Å²) in [5, 5.41) is 14.2. The molecule has 5 rings (SSSR count). The number of ether oxygens (including phenoxy) is 2. The van der Waals surface area contributed by atoms with E-state index in [2.05, 4.69) is 43.0 Å². The number of nitrogens with one attached hydrogen (secondary N) is 1. The summed E-state index contributed by atoms with van der Waals surface area (Å²) in [6.07, 6.45) is 6.57. The molecule has 2 saturated heterocycles. The molecule has 0 radical (unpaired) electrons. The fourth-order valence-electron chi connectivity index (χ4n) is 6.12. The van der Waals surface area contributed by atoms with Crippen LogP contribution in [0.3, 0.4) is 0 Å². The number of piperidine rings is 1. The number of rotatable bonds is 13. The van der Waals surface area contributed by atoms with Crippen molar-refractivity contribution in [1.82, 2.24) is 30.1 Å². The van der Waals surface area contributed by atoms with Gasteiger partial charge in [0, 0.05) is 74.0 Å². The molecule has 0 aliphatic carbocycles. The molecule has 45 heavy (non-hydrogen) atoms. The van der Waals surface area contributed by atoms with Crippen molar-refractivity contribution in [3.63, 3.8) is 0 Å². The number of pyridine rings is 1. The maximum absolute atomic E-state index is 9.88. The highest BCUT2D eigenvalue weighted by Gasteiger charge is 2.24. The Labute approximate surface area is 276 Å². The zero-order valence-corrected chi connectivity index (χ0v) is 28.0. The number of aromatic nitrogens is 3. The second-order valence-corrected chi connectivity index (χ2v) is 13.0. The second-order valence-electron chi connectivity index (χ2n) is 12.1. The summed E-state index contributed by atoms with van der Waals surface area (Å²) in [6.45, 7) is 9.72. The molecule has 12 heteroatoms. The standard InChI is InChI=1S/C33H45Cl2N7O3/c1-23(4-7-36-2)41-10-12-42(13-11-41)33-37-20-29(21-38-33)45-31-15-25(14-30(39-31)26-17-27(34)19-28(35)18-26)22-40-8-5-24(6-9-40)16-32(43)44-3/h14-15,17-21,23-24,32,36,43H,4-13,16,22H2,1-3H3. The number of aliphatic hydroxyl groups is 1. The van der Waals surface area contributed by atoms with Gasteiger partial charge >= 0.3 is 0 Å². The van der Waals surface area contributed by atoms with Gasteiger partial charge in [0.05, 0.1) is 18.1 Å². The number of halogens is 2. The van der Waals surface area contributed by atoms with Gasteiger partial charge in [0.2, 0.25) is 11.8 Å². The van der Waals surface area contributed by atoms with Crippen molar-refractivity contribution in [2.45, 2.75) is 51.5 Å². The van der Waals surface area contributed by atoms with E-state index in [1.165, 1.54) is 0 Å². The second kappa shape index (κ2) is 16.3. The van der Waals surface area contributed by atoms with Crippen molar-refractivity contribution in [3.8, 4) is 22.9 Å². The summed E-state index contributed by atoms with van der Waals surface area (Å²) in [5.41, 5.74) is 2.61. The van der Waals surface area contributed by atoms with Crippen LogP contribution in [0.2, 0.25) is 10.0 Å². The van der Waals surface area contributed by atoms with Crippen LogP contribution in [0.4, 0.5) is 5.95 Å². The Kier molecular flexibility index (Phi) is 12.2. The van der Waals surface area contributed by atoms with Gasteiger partial charge in [-0.2, -0.15) is 0 Å². The fourth-order valence-corrected chi connectivity index (χ4v) is 6.64. The van der Waals surface area contributed by atoms with Crippen molar-refractivity contribution < 1.29 is 14.6 Å². The van der Waals surface area contributed by atoms with E-state index in [1.54, 1.807) is 25.6 Å². The molecular weight excluding hydrogens is 613 g/mol. The number of likely N-dealkylation sites (tertiary alicyclic amines) is 1. The van der Waals surface area contributed by atoms with Gasteiger partial charge in [-0.3, -0.25) is 9.80 Å². The number of hydrogen-bond donors (Lipinski definition) is 2. The third kappa shape index (κ3) is 9.71. The third-order valence-corrected chi connectivity index (χ3v) is 9.25. The van der Waals surface area contributed by atoms with Crippen molar-refractivity contribution in [1.29, 1.82) is 0 Å². The average molecular weight is 659 g/mol. The van der Waals surface area contributed by atoms with E-state index in [9.17, 15) is 5.11 Å². The van der Waals surface area contributed by atoms with Crippen molar-refractivity contribution in [3.05, 3.63) is 58.3 Å². The highest BCUT2D eigenvalue weighted by atomic mass is 35.5. The molecule has 2 N–H and O–H groups in total. The molecule has 2 aromatic heterocycles. The average Bonchev–Trinajstić information content (AvgIpc) is 3.04. The van der Waals surface area contributed by atoms with Crippen LogP contribution < -0.4 is 15.0 Å². The van der Waals surface area contributed by atoms with Crippen LogP contribution in [0.15, 0.2) is 42.7 Å². The Morgan fingerprint density at radius 2 is 1.67 bits per heavy atom. The Morgan fingerprint density at radius 1 is 0.978 bits per heavy atom. The summed E-state index contributed by atoms with van der Waals surface area (Å²) < 4.78 is 11.3. The van der Waals surface area contributed by atoms with Crippen LogP contribution in [-0.2, 0) is 11.3 Å². The lowest BCUT2D eigenvalue weighted by Gasteiger charge is -2.38. The number of anilines is 1. The molecule has 0 amide bonds. The molecule has 3 aromatic rings.